The molecule has 3 aromatic carbocycles. The molecule has 0 atom stereocenters. The van der Waals surface area contributed by atoms with Crippen LogP contribution in [0.25, 0.3) is 0 Å². The van der Waals surface area contributed by atoms with Crippen molar-refractivity contribution in [1.82, 2.24) is 4.90 Å². The molecule has 0 N–H and O–H groups in total. The van der Waals surface area contributed by atoms with Gasteiger partial charge in [0.05, 0.1) is 16.1 Å². The monoisotopic (exact) mass is 545 g/mol. The summed E-state index contributed by atoms with van der Waals surface area (Å²) in [5, 5.41) is 0. The van der Waals surface area contributed by atoms with Gasteiger partial charge in [-0.05, 0) is 74.4 Å². The van der Waals surface area contributed by atoms with E-state index in [9.17, 15) is 26.4 Å². The van der Waals surface area contributed by atoms with Crippen molar-refractivity contribution in [2.45, 2.75) is 31.8 Å². The minimum absolute atomic E-state index is 0.0866. The highest BCUT2D eigenvalue weighted by Crippen LogP contribution is 2.32. The maximum absolute atomic E-state index is 13.7. The molecule has 0 aromatic heterocycles. The van der Waals surface area contributed by atoms with Crippen LogP contribution in [0.5, 0.6) is 0 Å². The third-order valence-electron chi connectivity index (χ3n) is 6.84. The van der Waals surface area contributed by atoms with Crippen molar-refractivity contribution in [3.63, 3.8) is 0 Å². The number of piperazine rings is 1. The van der Waals surface area contributed by atoms with Crippen LogP contribution >= 0.6 is 0 Å². The first kappa shape index (κ1) is 27.5. The van der Waals surface area contributed by atoms with Crippen molar-refractivity contribution in [1.29, 1.82) is 0 Å². The fourth-order valence-corrected chi connectivity index (χ4v) is 5.76. The Morgan fingerprint density at radius 3 is 2.13 bits per heavy atom. The summed E-state index contributed by atoms with van der Waals surface area (Å²) in [6.07, 6.45) is -4.44. The zero-order valence-corrected chi connectivity index (χ0v) is 22.3. The molecule has 202 valence electrons. The van der Waals surface area contributed by atoms with Crippen molar-refractivity contribution in [3.8, 4) is 0 Å². The first-order valence-corrected chi connectivity index (χ1v) is 13.7. The van der Waals surface area contributed by atoms with E-state index in [0.29, 0.717) is 24.5 Å². The minimum Gasteiger partial charge on any atom is -0.368 e. The van der Waals surface area contributed by atoms with Gasteiger partial charge in [-0.1, -0.05) is 29.8 Å². The fourth-order valence-electron chi connectivity index (χ4n) is 4.35. The molecule has 0 spiro atoms. The quantitative estimate of drug-likeness (QED) is 0.429. The Kier molecular flexibility index (Phi) is 7.73. The van der Waals surface area contributed by atoms with Crippen LogP contribution in [0.4, 0.5) is 24.5 Å². The lowest BCUT2D eigenvalue weighted by Gasteiger charge is -2.37. The van der Waals surface area contributed by atoms with Gasteiger partial charge in [0.1, 0.15) is 6.54 Å². The molecule has 1 heterocycles. The third-order valence-corrected chi connectivity index (χ3v) is 8.63. The molecule has 1 aliphatic rings. The largest absolute Gasteiger partial charge is 0.416 e. The molecule has 6 nitrogen and oxygen atoms in total. The summed E-state index contributed by atoms with van der Waals surface area (Å²) in [5.74, 6) is -0.373. The molecule has 0 aliphatic carbocycles. The number of halogens is 3. The topological polar surface area (TPSA) is 60.9 Å². The number of aryl methyl sites for hydroxylation is 3. The van der Waals surface area contributed by atoms with Gasteiger partial charge in [-0.2, -0.15) is 13.2 Å². The molecular weight excluding hydrogens is 515 g/mol. The third kappa shape index (κ3) is 5.96. The number of sulfonamides is 1. The molecule has 1 aliphatic heterocycles. The number of alkyl halides is 3. The number of rotatable bonds is 6. The fraction of sp³-hybridized carbons (Fsp3) is 0.321. The average molecular weight is 546 g/mol. The first-order chi connectivity index (χ1) is 17.9. The van der Waals surface area contributed by atoms with Crippen LogP contribution in [0.2, 0.25) is 0 Å². The Hall–Kier alpha value is -3.53. The second-order valence-electron chi connectivity index (χ2n) is 9.51. The van der Waals surface area contributed by atoms with E-state index >= 15 is 0 Å². The van der Waals surface area contributed by atoms with Gasteiger partial charge in [-0.15, -0.1) is 0 Å². The number of benzene rings is 3. The van der Waals surface area contributed by atoms with Crippen LogP contribution in [0, 0.1) is 20.8 Å². The highest BCUT2D eigenvalue weighted by Gasteiger charge is 2.32. The summed E-state index contributed by atoms with van der Waals surface area (Å²) >= 11 is 0. The number of nitrogens with zero attached hydrogens (tertiary/aromatic N) is 3. The predicted molar refractivity (Wildman–Crippen MR) is 142 cm³/mol. The Balaban J connectivity index is 1.53. The van der Waals surface area contributed by atoms with Crippen molar-refractivity contribution in [3.05, 3.63) is 89.0 Å². The Labute approximate surface area is 221 Å². The van der Waals surface area contributed by atoms with E-state index in [1.807, 2.05) is 26.8 Å². The summed E-state index contributed by atoms with van der Waals surface area (Å²) in [4.78, 5) is 16.8. The number of hydrogen-bond donors (Lipinski definition) is 0. The summed E-state index contributed by atoms with van der Waals surface area (Å²) in [6.45, 7) is 6.48. The molecule has 3 aromatic rings. The van der Waals surface area contributed by atoms with Crippen LogP contribution in [0.3, 0.4) is 0 Å². The van der Waals surface area contributed by atoms with Crippen molar-refractivity contribution in [2.75, 3.05) is 41.9 Å². The zero-order valence-electron chi connectivity index (χ0n) is 21.5. The van der Waals surface area contributed by atoms with Gasteiger partial charge in [-0.3, -0.25) is 9.10 Å². The second-order valence-corrected chi connectivity index (χ2v) is 11.4. The number of carbonyl (C=O) groups excluding carboxylic acids is 1. The summed E-state index contributed by atoms with van der Waals surface area (Å²) < 4.78 is 67.8. The van der Waals surface area contributed by atoms with E-state index in [0.717, 1.165) is 33.1 Å². The highest BCUT2D eigenvalue weighted by molar-refractivity contribution is 7.92. The molecule has 1 fully saturated rings. The van der Waals surface area contributed by atoms with E-state index in [4.69, 9.17) is 0 Å². The van der Waals surface area contributed by atoms with Crippen molar-refractivity contribution < 1.29 is 26.4 Å². The lowest BCUT2D eigenvalue weighted by atomic mass is 10.1. The maximum atomic E-state index is 13.7. The maximum Gasteiger partial charge on any atom is 0.416 e. The molecule has 4 rings (SSSR count). The summed E-state index contributed by atoms with van der Waals surface area (Å²) in [5.41, 5.74) is 2.91. The Morgan fingerprint density at radius 2 is 1.53 bits per heavy atom. The average Bonchev–Trinajstić information content (AvgIpc) is 2.88. The van der Waals surface area contributed by atoms with Crippen LogP contribution in [-0.2, 0) is 21.0 Å². The van der Waals surface area contributed by atoms with E-state index in [1.165, 1.54) is 18.2 Å². The highest BCUT2D eigenvalue weighted by atomic mass is 32.2. The predicted octanol–water partition coefficient (Wildman–Crippen LogP) is 5.17. The second kappa shape index (κ2) is 10.7. The van der Waals surface area contributed by atoms with Crippen molar-refractivity contribution >= 4 is 27.3 Å². The van der Waals surface area contributed by atoms with Crippen LogP contribution in [0.1, 0.15) is 22.3 Å². The zero-order chi connectivity index (χ0) is 27.7. The van der Waals surface area contributed by atoms with E-state index in [2.05, 4.69) is 0 Å². The molecule has 0 radical (unpaired) electrons. The molecule has 1 amide bonds. The van der Waals surface area contributed by atoms with Crippen molar-refractivity contribution in [2.24, 2.45) is 0 Å². The lowest BCUT2D eigenvalue weighted by Crippen LogP contribution is -2.52. The molecule has 0 unspecified atom stereocenters. The molecular formula is C28H30F3N3O3S. The van der Waals surface area contributed by atoms with Gasteiger partial charge < -0.3 is 9.80 Å². The Bertz CT molecular complexity index is 1420. The number of amides is 1. The van der Waals surface area contributed by atoms with Gasteiger partial charge >= 0.3 is 6.18 Å². The number of hydrogen-bond acceptors (Lipinski definition) is 4. The normalized spacial score (nSPS) is 14.5. The summed E-state index contributed by atoms with van der Waals surface area (Å²) in [6, 6.07) is 16.8. The van der Waals surface area contributed by atoms with Gasteiger partial charge in [0.2, 0.25) is 5.91 Å². The standard InChI is InChI=1S/C28H30F3N3O3S/c1-20-7-11-26(12-8-20)38(36,37)34(25-10-9-21(2)22(3)17-25)19-27(35)33-15-13-32(14-16-33)24-6-4-5-23(18-24)28(29,30)31/h4-12,17-18H,13-16,19H2,1-3H3. The van der Waals surface area contributed by atoms with E-state index in [-0.39, 0.29) is 30.4 Å². The molecule has 0 saturated carbocycles. The van der Waals surface area contributed by atoms with Gasteiger partial charge in [0, 0.05) is 31.9 Å². The smallest absolute Gasteiger partial charge is 0.368 e. The van der Waals surface area contributed by atoms with Gasteiger partial charge in [0.15, 0.2) is 0 Å². The number of anilines is 2. The van der Waals surface area contributed by atoms with Crippen LogP contribution < -0.4 is 9.21 Å². The van der Waals surface area contributed by atoms with Gasteiger partial charge in [-0.25, -0.2) is 8.42 Å². The minimum atomic E-state index is -4.44. The van der Waals surface area contributed by atoms with Crippen LogP contribution in [-0.4, -0.2) is 51.9 Å². The molecule has 38 heavy (non-hydrogen) atoms. The SMILES string of the molecule is Cc1ccc(S(=O)(=O)N(CC(=O)N2CCN(c3cccc(C(F)(F)F)c3)CC2)c2ccc(C)c(C)c2)cc1. The number of carbonyl (C=O) groups is 1. The summed E-state index contributed by atoms with van der Waals surface area (Å²) in [7, 11) is -4.04. The van der Waals surface area contributed by atoms with E-state index in [1.54, 1.807) is 40.1 Å². The molecule has 1 saturated heterocycles. The van der Waals surface area contributed by atoms with Crippen LogP contribution in [0.15, 0.2) is 71.6 Å². The molecule has 0 bridgehead atoms. The molecule has 10 heteroatoms. The lowest BCUT2D eigenvalue weighted by molar-refractivity contribution is -0.137. The van der Waals surface area contributed by atoms with Gasteiger partial charge in [0.25, 0.3) is 10.0 Å². The Morgan fingerprint density at radius 1 is 0.868 bits per heavy atom. The first-order valence-electron chi connectivity index (χ1n) is 12.2. The van der Waals surface area contributed by atoms with E-state index < -0.39 is 21.8 Å².